The van der Waals surface area contributed by atoms with Gasteiger partial charge in [-0.3, -0.25) is 9.59 Å². The molecule has 2 amide bonds. The van der Waals surface area contributed by atoms with Gasteiger partial charge in [0.05, 0.1) is 19.4 Å². The zero-order valence-electron chi connectivity index (χ0n) is 9.70. The molecule has 0 spiro atoms. The Morgan fingerprint density at radius 2 is 2.11 bits per heavy atom. The highest BCUT2D eigenvalue weighted by atomic mass is 35.5. The number of nitrogens with one attached hydrogen (secondary N) is 2. The van der Waals surface area contributed by atoms with Gasteiger partial charge in [-0.2, -0.15) is 0 Å². The third kappa shape index (κ3) is 3.90. The topological polar surface area (TPSA) is 87.7 Å². The zero-order chi connectivity index (χ0) is 13.5. The lowest BCUT2D eigenvalue weighted by Gasteiger charge is -2.10. The molecule has 98 valence electrons. The van der Waals surface area contributed by atoms with Gasteiger partial charge in [0.1, 0.15) is 5.75 Å². The van der Waals surface area contributed by atoms with Gasteiger partial charge in [0, 0.05) is 11.6 Å². The van der Waals surface area contributed by atoms with E-state index in [1.807, 2.05) is 0 Å². The summed E-state index contributed by atoms with van der Waals surface area (Å²) < 4.78 is 5.02. The lowest BCUT2D eigenvalue weighted by Crippen LogP contribution is -2.36. The van der Waals surface area contributed by atoms with Crippen LogP contribution in [-0.2, 0) is 9.59 Å². The van der Waals surface area contributed by atoms with E-state index < -0.39 is 11.8 Å². The Balaban J connectivity index is 2.74. The van der Waals surface area contributed by atoms with Crippen LogP contribution in [0.25, 0.3) is 0 Å². The molecule has 1 rings (SSSR count). The molecule has 6 nitrogen and oxygen atoms in total. The summed E-state index contributed by atoms with van der Waals surface area (Å²) in [5.41, 5.74) is 0.300. The molecule has 0 aliphatic carbocycles. The number of aliphatic hydroxyl groups excluding tert-OH is 1. The number of aliphatic hydroxyl groups is 1. The van der Waals surface area contributed by atoms with Gasteiger partial charge in [0.25, 0.3) is 0 Å². The Labute approximate surface area is 109 Å². The highest BCUT2D eigenvalue weighted by Gasteiger charge is 2.15. The molecule has 0 atom stereocenters. The highest BCUT2D eigenvalue weighted by Crippen LogP contribution is 2.27. The summed E-state index contributed by atoms with van der Waals surface area (Å²) in [5, 5.41) is 13.5. The number of anilines is 1. The maximum absolute atomic E-state index is 11.5. The second-order valence-corrected chi connectivity index (χ2v) is 3.71. The first kappa shape index (κ1) is 14.3. The molecular weight excluding hydrogens is 260 g/mol. The Bertz CT molecular complexity index is 451. The number of hydrogen-bond donors (Lipinski definition) is 3. The number of halogens is 1. The van der Waals surface area contributed by atoms with Crippen LogP contribution in [0.2, 0.25) is 5.02 Å². The monoisotopic (exact) mass is 272 g/mol. The predicted molar refractivity (Wildman–Crippen MR) is 66.7 cm³/mol. The van der Waals surface area contributed by atoms with E-state index in [4.69, 9.17) is 21.4 Å². The van der Waals surface area contributed by atoms with Gasteiger partial charge in [0.15, 0.2) is 0 Å². The molecule has 0 unspecified atom stereocenters. The van der Waals surface area contributed by atoms with Crippen molar-refractivity contribution >= 4 is 29.1 Å². The summed E-state index contributed by atoms with van der Waals surface area (Å²) in [7, 11) is 1.44. The SMILES string of the molecule is COc1ccc(Cl)cc1NC(=O)C(=O)NCCO. The van der Waals surface area contributed by atoms with Crippen LogP contribution in [0, 0.1) is 0 Å². The summed E-state index contributed by atoms with van der Waals surface area (Å²) in [6, 6.07) is 4.64. The zero-order valence-corrected chi connectivity index (χ0v) is 10.5. The van der Waals surface area contributed by atoms with Gasteiger partial charge >= 0.3 is 11.8 Å². The first-order valence-electron chi connectivity index (χ1n) is 5.12. The van der Waals surface area contributed by atoms with Crippen LogP contribution < -0.4 is 15.4 Å². The summed E-state index contributed by atoms with van der Waals surface area (Å²) in [6.07, 6.45) is 0. The van der Waals surface area contributed by atoms with Crippen molar-refractivity contribution in [2.45, 2.75) is 0 Å². The van der Waals surface area contributed by atoms with E-state index in [1.54, 1.807) is 12.1 Å². The average molecular weight is 273 g/mol. The summed E-state index contributed by atoms with van der Waals surface area (Å²) in [4.78, 5) is 22.8. The van der Waals surface area contributed by atoms with Gasteiger partial charge in [-0.05, 0) is 18.2 Å². The van der Waals surface area contributed by atoms with Gasteiger partial charge in [-0.15, -0.1) is 0 Å². The Morgan fingerprint density at radius 3 is 2.72 bits per heavy atom. The van der Waals surface area contributed by atoms with Crippen LogP contribution in [0.1, 0.15) is 0 Å². The minimum atomic E-state index is -0.857. The normalized spacial score (nSPS) is 9.72. The molecule has 0 radical (unpaired) electrons. The molecular formula is C11H13ClN2O4. The number of rotatable bonds is 4. The van der Waals surface area contributed by atoms with Gasteiger partial charge in [0.2, 0.25) is 0 Å². The van der Waals surface area contributed by atoms with E-state index in [0.29, 0.717) is 16.5 Å². The summed E-state index contributed by atoms with van der Waals surface area (Å²) in [5.74, 6) is -1.31. The Kier molecular flexibility index (Phi) is 5.41. The van der Waals surface area contributed by atoms with Crippen molar-refractivity contribution in [3.05, 3.63) is 23.2 Å². The van der Waals surface area contributed by atoms with E-state index in [9.17, 15) is 9.59 Å². The van der Waals surface area contributed by atoms with Crippen LogP contribution in [0.3, 0.4) is 0 Å². The van der Waals surface area contributed by atoms with Crippen molar-refractivity contribution in [3.63, 3.8) is 0 Å². The van der Waals surface area contributed by atoms with Crippen molar-refractivity contribution in [1.82, 2.24) is 5.32 Å². The van der Waals surface area contributed by atoms with Crippen LogP contribution in [0.5, 0.6) is 5.75 Å². The molecule has 0 saturated carbocycles. The average Bonchev–Trinajstić information content (AvgIpc) is 2.36. The summed E-state index contributed by atoms with van der Waals surface area (Å²) in [6.45, 7) is -0.224. The smallest absolute Gasteiger partial charge is 0.313 e. The van der Waals surface area contributed by atoms with Crippen molar-refractivity contribution in [2.75, 3.05) is 25.6 Å². The van der Waals surface area contributed by atoms with Crippen LogP contribution in [0.4, 0.5) is 5.69 Å². The molecule has 1 aromatic carbocycles. The molecule has 0 saturated heterocycles. The minimum Gasteiger partial charge on any atom is -0.495 e. The predicted octanol–water partition coefficient (Wildman–Crippen LogP) is 0.396. The van der Waals surface area contributed by atoms with E-state index in [0.717, 1.165) is 0 Å². The number of hydrogen-bond acceptors (Lipinski definition) is 4. The second-order valence-electron chi connectivity index (χ2n) is 3.28. The number of carbonyl (C=O) groups is 2. The molecule has 0 aliphatic heterocycles. The fourth-order valence-electron chi connectivity index (χ4n) is 1.21. The van der Waals surface area contributed by atoms with E-state index in [1.165, 1.54) is 13.2 Å². The molecule has 0 bridgehead atoms. The fraction of sp³-hybridized carbons (Fsp3) is 0.273. The number of ether oxygens (including phenoxy) is 1. The standard InChI is InChI=1S/C11H13ClN2O4/c1-18-9-3-2-7(12)6-8(9)14-11(17)10(16)13-4-5-15/h2-3,6,15H,4-5H2,1H3,(H,13,16)(H,14,17). The highest BCUT2D eigenvalue weighted by molar-refractivity contribution is 6.40. The van der Waals surface area contributed by atoms with Gasteiger partial charge in [-0.25, -0.2) is 0 Å². The number of carbonyl (C=O) groups excluding carboxylic acids is 2. The quantitative estimate of drug-likeness (QED) is 0.692. The third-order valence-corrected chi connectivity index (χ3v) is 2.25. The second kappa shape index (κ2) is 6.83. The molecule has 0 aliphatic rings. The maximum Gasteiger partial charge on any atom is 0.313 e. The molecule has 3 N–H and O–H groups in total. The third-order valence-electron chi connectivity index (χ3n) is 2.01. The first-order chi connectivity index (χ1) is 8.58. The molecule has 0 aromatic heterocycles. The van der Waals surface area contributed by atoms with Crippen molar-refractivity contribution in [3.8, 4) is 5.75 Å². The fourth-order valence-corrected chi connectivity index (χ4v) is 1.38. The molecule has 1 aromatic rings. The van der Waals surface area contributed by atoms with Crippen LogP contribution >= 0.6 is 11.6 Å². The lowest BCUT2D eigenvalue weighted by molar-refractivity contribution is -0.136. The number of methoxy groups -OCH3 is 1. The molecule has 0 fully saturated rings. The van der Waals surface area contributed by atoms with E-state index in [-0.39, 0.29) is 13.2 Å². The minimum absolute atomic E-state index is 0.0128. The van der Waals surface area contributed by atoms with Crippen LogP contribution in [0.15, 0.2) is 18.2 Å². The molecule has 18 heavy (non-hydrogen) atoms. The van der Waals surface area contributed by atoms with Crippen molar-refractivity contribution < 1.29 is 19.4 Å². The van der Waals surface area contributed by atoms with Crippen LogP contribution in [-0.4, -0.2) is 37.2 Å². The lowest BCUT2D eigenvalue weighted by atomic mass is 10.3. The largest absolute Gasteiger partial charge is 0.495 e. The number of amides is 2. The van der Waals surface area contributed by atoms with Gasteiger partial charge < -0.3 is 20.5 Å². The first-order valence-corrected chi connectivity index (χ1v) is 5.50. The number of benzene rings is 1. The Hall–Kier alpha value is -1.79. The van der Waals surface area contributed by atoms with E-state index in [2.05, 4.69) is 10.6 Å². The maximum atomic E-state index is 11.5. The summed E-state index contributed by atoms with van der Waals surface area (Å²) >= 11 is 5.78. The van der Waals surface area contributed by atoms with Gasteiger partial charge in [-0.1, -0.05) is 11.6 Å². The molecule has 0 heterocycles. The van der Waals surface area contributed by atoms with Crippen molar-refractivity contribution in [2.24, 2.45) is 0 Å². The molecule has 7 heteroatoms. The Morgan fingerprint density at radius 1 is 1.39 bits per heavy atom. The van der Waals surface area contributed by atoms with Crippen molar-refractivity contribution in [1.29, 1.82) is 0 Å². The van der Waals surface area contributed by atoms with E-state index >= 15 is 0 Å².